The van der Waals surface area contributed by atoms with Gasteiger partial charge in [-0.1, -0.05) is 69.0 Å². The van der Waals surface area contributed by atoms with E-state index in [0.29, 0.717) is 23.8 Å². The number of rotatable bonds is 7. The van der Waals surface area contributed by atoms with E-state index >= 15 is 0 Å². The Kier molecular flexibility index (Phi) is 7.50. The van der Waals surface area contributed by atoms with Crippen LogP contribution in [0.5, 0.6) is 0 Å². The van der Waals surface area contributed by atoms with Gasteiger partial charge in [0.1, 0.15) is 0 Å². The van der Waals surface area contributed by atoms with Crippen LogP contribution in [0.4, 0.5) is 0 Å². The molecule has 1 aliphatic carbocycles. The summed E-state index contributed by atoms with van der Waals surface area (Å²) >= 11 is 1.85. The molecular weight excluding hydrogens is 400 g/mol. The highest BCUT2D eigenvalue weighted by atomic mass is 32.1. The Labute approximate surface area is 192 Å². The van der Waals surface area contributed by atoms with E-state index in [0.717, 1.165) is 26.2 Å². The molecule has 0 spiro atoms. The van der Waals surface area contributed by atoms with E-state index in [-0.39, 0.29) is 5.92 Å². The number of likely N-dealkylation sites (tertiary alicyclic amines) is 1. The van der Waals surface area contributed by atoms with Gasteiger partial charge in [0.05, 0.1) is 0 Å². The summed E-state index contributed by atoms with van der Waals surface area (Å²) in [6.07, 6.45) is 6.22. The molecule has 1 saturated heterocycles. The van der Waals surface area contributed by atoms with E-state index in [4.69, 9.17) is 0 Å². The molecule has 2 unspecified atom stereocenters. The number of hydrogen-bond acceptors (Lipinski definition) is 3. The predicted octanol–water partition coefficient (Wildman–Crippen LogP) is 6.09. The van der Waals surface area contributed by atoms with Crippen LogP contribution in [-0.2, 0) is 11.3 Å². The largest absolute Gasteiger partial charge is 0.339 e. The van der Waals surface area contributed by atoms with Crippen molar-refractivity contribution in [3.8, 4) is 0 Å². The van der Waals surface area contributed by atoms with Crippen LogP contribution in [0.2, 0.25) is 0 Å². The molecule has 2 fully saturated rings. The van der Waals surface area contributed by atoms with E-state index in [1.807, 2.05) is 11.3 Å². The van der Waals surface area contributed by atoms with Gasteiger partial charge in [-0.2, -0.15) is 0 Å². The first-order valence-corrected chi connectivity index (χ1v) is 13.0. The van der Waals surface area contributed by atoms with Crippen molar-refractivity contribution in [1.82, 2.24) is 9.80 Å². The second-order valence-corrected chi connectivity index (χ2v) is 11.0. The van der Waals surface area contributed by atoms with Gasteiger partial charge in [0.2, 0.25) is 5.91 Å². The number of thiophene rings is 1. The minimum atomic E-state index is 0.0726. The minimum Gasteiger partial charge on any atom is -0.339 e. The van der Waals surface area contributed by atoms with E-state index in [1.165, 1.54) is 48.1 Å². The lowest BCUT2D eigenvalue weighted by Crippen LogP contribution is -2.47. The lowest BCUT2D eigenvalue weighted by Gasteiger charge is -2.38. The average Bonchev–Trinajstić information content (AvgIpc) is 3.43. The van der Waals surface area contributed by atoms with Crippen LogP contribution >= 0.6 is 11.3 Å². The van der Waals surface area contributed by atoms with Gasteiger partial charge in [-0.05, 0) is 42.7 Å². The van der Waals surface area contributed by atoms with Crippen molar-refractivity contribution in [2.24, 2.45) is 11.8 Å². The number of carbonyl (C=O) groups excluding carboxylic acids is 1. The Morgan fingerprint density at radius 2 is 1.84 bits per heavy atom. The van der Waals surface area contributed by atoms with Gasteiger partial charge in [0.25, 0.3) is 0 Å². The van der Waals surface area contributed by atoms with Crippen LogP contribution in [-0.4, -0.2) is 41.4 Å². The number of amides is 1. The maximum atomic E-state index is 13.3. The average molecular weight is 439 g/mol. The zero-order chi connectivity index (χ0) is 21.8. The Hall–Kier alpha value is -1.65. The van der Waals surface area contributed by atoms with E-state index in [9.17, 15) is 4.79 Å². The fraction of sp³-hybridized carbons (Fsp3) is 0.593. The quantitative estimate of drug-likeness (QED) is 0.522. The van der Waals surface area contributed by atoms with Gasteiger partial charge in [-0.3, -0.25) is 9.69 Å². The lowest BCUT2D eigenvalue weighted by atomic mass is 9.86. The molecule has 2 atom stereocenters. The third-order valence-electron chi connectivity index (χ3n) is 7.21. The molecule has 1 aromatic heterocycles. The number of benzene rings is 1. The molecule has 1 saturated carbocycles. The second-order valence-electron chi connectivity index (χ2n) is 9.99. The molecule has 168 valence electrons. The summed E-state index contributed by atoms with van der Waals surface area (Å²) < 4.78 is 0. The van der Waals surface area contributed by atoms with Gasteiger partial charge in [-0.25, -0.2) is 0 Å². The summed E-state index contributed by atoms with van der Waals surface area (Å²) in [6.45, 7) is 10.4. The van der Waals surface area contributed by atoms with Gasteiger partial charge < -0.3 is 4.90 Å². The zero-order valence-electron chi connectivity index (χ0n) is 19.4. The lowest BCUT2D eigenvalue weighted by molar-refractivity contribution is -0.138. The van der Waals surface area contributed by atoms with Gasteiger partial charge in [0, 0.05) is 48.9 Å². The Morgan fingerprint density at radius 3 is 2.48 bits per heavy atom. The normalized spacial score (nSPS) is 22.8. The summed E-state index contributed by atoms with van der Waals surface area (Å²) in [5.74, 6) is 1.41. The van der Waals surface area contributed by atoms with Crippen LogP contribution in [0.3, 0.4) is 0 Å². The molecule has 1 aliphatic heterocycles. The highest BCUT2D eigenvalue weighted by Gasteiger charge is 2.38. The third-order valence-corrected chi connectivity index (χ3v) is 8.07. The summed E-state index contributed by atoms with van der Waals surface area (Å²) in [7, 11) is 0. The van der Waals surface area contributed by atoms with Crippen LogP contribution < -0.4 is 0 Å². The molecule has 0 radical (unpaired) electrons. The predicted molar refractivity (Wildman–Crippen MR) is 130 cm³/mol. The molecule has 4 rings (SSSR count). The van der Waals surface area contributed by atoms with E-state index < -0.39 is 0 Å². The topological polar surface area (TPSA) is 23.6 Å². The Morgan fingerprint density at radius 1 is 1.10 bits per heavy atom. The molecule has 0 N–H and O–H groups in total. The fourth-order valence-corrected chi connectivity index (χ4v) is 6.23. The first kappa shape index (κ1) is 22.5. The standard InChI is InChI=1S/C27H38N2OS/c1-20(2)27(30)29(24-8-5-4-6-9-24)17-23-16-28(18-25-10-7-15-31-25)19-26(23)22-13-11-21(3)12-14-22/h7,10-15,20,23-24,26H,4-6,8-9,16-19H2,1-3H3. The van der Waals surface area contributed by atoms with E-state index in [1.54, 1.807) is 0 Å². The monoisotopic (exact) mass is 438 g/mol. The Balaban J connectivity index is 1.56. The maximum Gasteiger partial charge on any atom is 0.225 e. The highest BCUT2D eigenvalue weighted by molar-refractivity contribution is 7.09. The van der Waals surface area contributed by atoms with Crippen molar-refractivity contribution in [3.05, 3.63) is 57.8 Å². The number of carbonyl (C=O) groups is 1. The van der Waals surface area contributed by atoms with Crippen molar-refractivity contribution in [2.75, 3.05) is 19.6 Å². The molecular formula is C27H38N2OS. The van der Waals surface area contributed by atoms with Gasteiger partial charge >= 0.3 is 0 Å². The number of aryl methyl sites for hydroxylation is 1. The first-order valence-electron chi connectivity index (χ1n) is 12.1. The molecule has 3 nitrogen and oxygen atoms in total. The van der Waals surface area contributed by atoms with E-state index in [2.05, 4.69) is 72.3 Å². The summed E-state index contributed by atoms with van der Waals surface area (Å²) in [5.41, 5.74) is 2.75. The van der Waals surface area contributed by atoms with Crippen molar-refractivity contribution < 1.29 is 4.79 Å². The first-order chi connectivity index (χ1) is 15.0. The van der Waals surface area contributed by atoms with Crippen molar-refractivity contribution >= 4 is 17.2 Å². The smallest absolute Gasteiger partial charge is 0.225 e. The maximum absolute atomic E-state index is 13.3. The Bertz CT molecular complexity index is 823. The zero-order valence-corrected chi connectivity index (χ0v) is 20.2. The van der Waals surface area contributed by atoms with Crippen molar-refractivity contribution in [3.63, 3.8) is 0 Å². The van der Waals surface area contributed by atoms with Crippen LogP contribution in [0, 0.1) is 18.8 Å². The molecule has 2 heterocycles. The van der Waals surface area contributed by atoms with Gasteiger partial charge in [-0.15, -0.1) is 11.3 Å². The second kappa shape index (κ2) is 10.3. The highest BCUT2D eigenvalue weighted by Crippen LogP contribution is 2.36. The molecule has 2 aromatic rings. The third kappa shape index (κ3) is 5.59. The molecule has 4 heteroatoms. The molecule has 31 heavy (non-hydrogen) atoms. The van der Waals surface area contributed by atoms with Gasteiger partial charge in [0.15, 0.2) is 0 Å². The van der Waals surface area contributed by atoms with Crippen molar-refractivity contribution in [2.45, 2.75) is 71.4 Å². The number of hydrogen-bond donors (Lipinski definition) is 0. The fourth-order valence-electron chi connectivity index (χ4n) is 5.48. The SMILES string of the molecule is Cc1ccc(C2CN(Cc3cccs3)CC2CN(C(=O)C(C)C)C2CCCCC2)cc1. The van der Waals surface area contributed by atoms with Crippen LogP contribution in [0.15, 0.2) is 41.8 Å². The minimum absolute atomic E-state index is 0.0726. The van der Waals surface area contributed by atoms with Crippen LogP contribution in [0.25, 0.3) is 0 Å². The summed E-state index contributed by atoms with van der Waals surface area (Å²) in [6, 6.07) is 14.0. The molecule has 1 aromatic carbocycles. The van der Waals surface area contributed by atoms with Crippen molar-refractivity contribution in [1.29, 1.82) is 0 Å². The molecule has 0 bridgehead atoms. The molecule has 2 aliphatic rings. The summed E-state index contributed by atoms with van der Waals surface area (Å²) in [4.78, 5) is 19.6. The molecule has 1 amide bonds. The summed E-state index contributed by atoms with van der Waals surface area (Å²) in [5, 5.41) is 2.17. The number of nitrogens with zero attached hydrogens (tertiary/aromatic N) is 2. The van der Waals surface area contributed by atoms with Crippen LogP contribution in [0.1, 0.15) is 67.9 Å².